The van der Waals surface area contributed by atoms with Crippen molar-refractivity contribution in [3.63, 3.8) is 0 Å². The predicted molar refractivity (Wildman–Crippen MR) is 83.2 cm³/mol. The van der Waals surface area contributed by atoms with E-state index in [9.17, 15) is 10.1 Å². The Kier molecular flexibility index (Phi) is 5.38. The van der Waals surface area contributed by atoms with Crippen LogP contribution in [0.3, 0.4) is 0 Å². The fraction of sp³-hybridized carbons (Fsp3) is 0.600. The zero-order chi connectivity index (χ0) is 15.2. The molecule has 0 aromatic heterocycles. The summed E-state index contributed by atoms with van der Waals surface area (Å²) in [6.07, 6.45) is 2.96. The first-order valence-electron chi connectivity index (χ1n) is 7.49. The highest BCUT2D eigenvalue weighted by molar-refractivity contribution is 5.70. The van der Waals surface area contributed by atoms with Crippen LogP contribution in [0.2, 0.25) is 0 Å². The van der Waals surface area contributed by atoms with Gasteiger partial charge < -0.3 is 15.0 Å². The van der Waals surface area contributed by atoms with Crippen LogP contribution in [0.4, 0.5) is 11.4 Å². The molecule has 0 bridgehead atoms. The van der Waals surface area contributed by atoms with E-state index in [1.165, 1.54) is 0 Å². The third-order valence-corrected chi connectivity index (χ3v) is 3.82. The molecule has 116 valence electrons. The summed E-state index contributed by atoms with van der Waals surface area (Å²) in [5.74, 6) is 0.356. The molecule has 1 aromatic carbocycles. The number of piperidine rings is 1. The van der Waals surface area contributed by atoms with Gasteiger partial charge in [-0.05, 0) is 37.9 Å². The standard InChI is InChI=1S/C15H23N3O3/c1-3-10-21-14-8-4-7-13(15(14)18(19)20)17(2)12-6-5-9-16-11-12/h4,7-8,12,16H,3,5-6,9-11H2,1-2H3. The first-order valence-corrected chi connectivity index (χ1v) is 7.49. The van der Waals surface area contributed by atoms with Gasteiger partial charge in [-0.3, -0.25) is 10.1 Å². The summed E-state index contributed by atoms with van der Waals surface area (Å²) in [6, 6.07) is 5.56. The largest absolute Gasteiger partial charge is 0.487 e. The van der Waals surface area contributed by atoms with Crippen molar-refractivity contribution in [1.29, 1.82) is 0 Å². The van der Waals surface area contributed by atoms with Crippen molar-refractivity contribution in [3.8, 4) is 5.75 Å². The highest BCUT2D eigenvalue weighted by atomic mass is 16.6. The summed E-state index contributed by atoms with van der Waals surface area (Å²) in [5, 5.41) is 14.8. The Morgan fingerprint density at radius 2 is 2.33 bits per heavy atom. The smallest absolute Gasteiger partial charge is 0.333 e. The van der Waals surface area contributed by atoms with Crippen molar-refractivity contribution in [2.75, 3.05) is 31.6 Å². The van der Waals surface area contributed by atoms with E-state index in [1.807, 2.05) is 24.9 Å². The number of hydrogen-bond acceptors (Lipinski definition) is 5. The van der Waals surface area contributed by atoms with Crippen LogP contribution in [-0.2, 0) is 0 Å². The van der Waals surface area contributed by atoms with Crippen molar-refractivity contribution in [3.05, 3.63) is 28.3 Å². The fourth-order valence-corrected chi connectivity index (χ4v) is 2.67. The molecule has 1 saturated heterocycles. The third-order valence-electron chi connectivity index (χ3n) is 3.82. The second kappa shape index (κ2) is 7.26. The molecule has 6 heteroatoms. The van der Waals surface area contributed by atoms with Crippen LogP contribution < -0.4 is 15.0 Å². The fourth-order valence-electron chi connectivity index (χ4n) is 2.67. The zero-order valence-corrected chi connectivity index (χ0v) is 12.7. The summed E-state index contributed by atoms with van der Waals surface area (Å²) < 4.78 is 5.54. The van der Waals surface area contributed by atoms with Gasteiger partial charge in [-0.1, -0.05) is 13.0 Å². The molecule has 1 unspecified atom stereocenters. The van der Waals surface area contributed by atoms with E-state index in [0.29, 0.717) is 18.0 Å². The molecule has 6 nitrogen and oxygen atoms in total. The number of nitro groups is 1. The molecular weight excluding hydrogens is 270 g/mol. The molecule has 21 heavy (non-hydrogen) atoms. The highest BCUT2D eigenvalue weighted by Crippen LogP contribution is 2.38. The molecule has 0 aliphatic carbocycles. The van der Waals surface area contributed by atoms with Crippen LogP contribution >= 0.6 is 0 Å². The van der Waals surface area contributed by atoms with E-state index in [1.54, 1.807) is 12.1 Å². The molecule has 1 atom stereocenters. The van der Waals surface area contributed by atoms with E-state index < -0.39 is 0 Å². The monoisotopic (exact) mass is 293 g/mol. The Labute approximate surface area is 125 Å². The highest BCUT2D eigenvalue weighted by Gasteiger charge is 2.27. The van der Waals surface area contributed by atoms with Gasteiger partial charge in [0, 0.05) is 19.6 Å². The van der Waals surface area contributed by atoms with E-state index in [-0.39, 0.29) is 16.7 Å². The lowest BCUT2D eigenvalue weighted by molar-refractivity contribution is -0.385. The van der Waals surface area contributed by atoms with Gasteiger partial charge >= 0.3 is 5.69 Å². The lowest BCUT2D eigenvalue weighted by Gasteiger charge is -2.33. The summed E-state index contributed by atoms with van der Waals surface area (Å²) >= 11 is 0. The van der Waals surface area contributed by atoms with E-state index in [2.05, 4.69) is 5.32 Å². The molecule has 0 amide bonds. The molecule has 1 aromatic rings. The summed E-state index contributed by atoms with van der Waals surface area (Å²) in [6.45, 7) is 4.34. The Balaban J connectivity index is 2.30. The number of benzene rings is 1. The predicted octanol–water partition coefficient (Wildman–Crippen LogP) is 2.57. The number of para-hydroxylation sites is 1. The number of ether oxygens (including phenoxy) is 1. The average Bonchev–Trinajstić information content (AvgIpc) is 2.52. The molecule has 0 spiro atoms. The van der Waals surface area contributed by atoms with E-state index in [4.69, 9.17) is 4.74 Å². The maximum atomic E-state index is 11.5. The first kappa shape index (κ1) is 15.6. The molecule has 2 rings (SSSR count). The van der Waals surface area contributed by atoms with E-state index in [0.717, 1.165) is 32.4 Å². The molecule has 0 radical (unpaired) electrons. The van der Waals surface area contributed by atoms with Crippen LogP contribution in [0.1, 0.15) is 26.2 Å². The van der Waals surface area contributed by atoms with Gasteiger partial charge in [-0.25, -0.2) is 0 Å². The van der Waals surface area contributed by atoms with Crippen LogP contribution in [0, 0.1) is 10.1 Å². The molecular formula is C15H23N3O3. The summed E-state index contributed by atoms with van der Waals surface area (Å²) in [7, 11) is 1.92. The minimum absolute atomic E-state index is 0.0685. The quantitative estimate of drug-likeness (QED) is 0.645. The van der Waals surface area contributed by atoms with Gasteiger partial charge in [0.15, 0.2) is 5.75 Å². The summed E-state index contributed by atoms with van der Waals surface area (Å²) in [4.78, 5) is 13.1. The van der Waals surface area contributed by atoms with Gasteiger partial charge in [-0.15, -0.1) is 0 Å². The van der Waals surface area contributed by atoms with Crippen LogP contribution in [0.25, 0.3) is 0 Å². The number of nitrogens with one attached hydrogen (secondary N) is 1. The zero-order valence-electron chi connectivity index (χ0n) is 12.7. The topological polar surface area (TPSA) is 67.6 Å². The molecule has 0 saturated carbocycles. The maximum Gasteiger partial charge on any atom is 0.333 e. The second-order valence-electron chi connectivity index (χ2n) is 5.34. The molecule has 1 aliphatic rings. The number of rotatable bonds is 6. The van der Waals surface area contributed by atoms with Crippen molar-refractivity contribution < 1.29 is 9.66 Å². The van der Waals surface area contributed by atoms with Crippen molar-refractivity contribution >= 4 is 11.4 Å². The first-order chi connectivity index (χ1) is 10.1. The van der Waals surface area contributed by atoms with Gasteiger partial charge in [0.05, 0.1) is 11.5 Å². The van der Waals surface area contributed by atoms with Gasteiger partial charge in [0.1, 0.15) is 5.69 Å². The maximum absolute atomic E-state index is 11.5. The molecule has 1 fully saturated rings. The Hall–Kier alpha value is -1.82. The van der Waals surface area contributed by atoms with Crippen LogP contribution in [-0.4, -0.2) is 37.7 Å². The minimum Gasteiger partial charge on any atom is -0.487 e. The number of nitro benzene ring substituents is 1. The van der Waals surface area contributed by atoms with Crippen molar-refractivity contribution in [2.45, 2.75) is 32.2 Å². The SMILES string of the molecule is CCCOc1cccc(N(C)C2CCCNC2)c1[N+](=O)[O-]. The van der Waals surface area contributed by atoms with Gasteiger partial charge in [0.25, 0.3) is 0 Å². The van der Waals surface area contributed by atoms with Gasteiger partial charge in [-0.2, -0.15) is 0 Å². The lowest BCUT2D eigenvalue weighted by Crippen LogP contribution is -2.44. The van der Waals surface area contributed by atoms with Crippen LogP contribution in [0.5, 0.6) is 5.75 Å². The number of hydrogen-bond donors (Lipinski definition) is 1. The minimum atomic E-state index is -0.340. The second-order valence-corrected chi connectivity index (χ2v) is 5.34. The summed E-state index contributed by atoms with van der Waals surface area (Å²) in [5.41, 5.74) is 0.696. The average molecular weight is 293 g/mol. The number of anilines is 1. The van der Waals surface area contributed by atoms with Crippen molar-refractivity contribution in [1.82, 2.24) is 5.32 Å². The van der Waals surface area contributed by atoms with Crippen molar-refractivity contribution in [2.24, 2.45) is 0 Å². The Morgan fingerprint density at radius 1 is 1.52 bits per heavy atom. The number of nitrogens with zero attached hydrogens (tertiary/aromatic N) is 2. The molecule has 1 heterocycles. The lowest BCUT2D eigenvalue weighted by atomic mass is 10.1. The Bertz CT molecular complexity index is 487. The van der Waals surface area contributed by atoms with E-state index >= 15 is 0 Å². The molecule has 1 aliphatic heterocycles. The Morgan fingerprint density at radius 3 is 2.95 bits per heavy atom. The van der Waals surface area contributed by atoms with Gasteiger partial charge in [0.2, 0.25) is 0 Å². The number of likely N-dealkylation sites (N-methyl/N-ethyl adjacent to an activating group) is 1. The normalized spacial score (nSPS) is 18.3. The molecule has 1 N–H and O–H groups in total. The third kappa shape index (κ3) is 3.64. The van der Waals surface area contributed by atoms with Crippen LogP contribution in [0.15, 0.2) is 18.2 Å².